The maximum absolute atomic E-state index is 4.63. The zero-order chi connectivity index (χ0) is 15.9. The zero-order valence-corrected chi connectivity index (χ0v) is 15.2. The number of hydrogen-bond acceptors (Lipinski definition) is 4. The topological polar surface area (TPSA) is 49.3 Å². The van der Waals surface area contributed by atoms with Crippen molar-refractivity contribution in [2.24, 2.45) is 4.99 Å². The van der Waals surface area contributed by atoms with Crippen molar-refractivity contribution in [2.45, 2.75) is 39.2 Å². The number of guanidine groups is 1. The first-order chi connectivity index (χ1) is 10.6. The molecule has 0 saturated heterocycles. The summed E-state index contributed by atoms with van der Waals surface area (Å²) in [4.78, 5) is 8.90. The van der Waals surface area contributed by atoms with Gasteiger partial charge >= 0.3 is 0 Å². The van der Waals surface area contributed by atoms with Gasteiger partial charge in [-0.3, -0.25) is 4.99 Å². The van der Waals surface area contributed by atoms with Gasteiger partial charge in [0.15, 0.2) is 5.96 Å². The molecule has 22 heavy (non-hydrogen) atoms. The average molecular weight is 337 g/mol. The van der Waals surface area contributed by atoms with Crippen molar-refractivity contribution in [3.63, 3.8) is 0 Å². The normalized spacial score (nSPS) is 13.4. The highest BCUT2D eigenvalue weighted by molar-refractivity contribution is 7.09. The smallest absolute Gasteiger partial charge is 0.191 e. The Kier molecular flexibility index (Phi) is 6.39. The number of aliphatic imine (C=N–C) groups is 1. The summed E-state index contributed by atoms with van der Waals surface area (Å²) in [6.07, 6.45) is 0. The van der Waals surface area contributed by atoms with Gasteiger partial charge in [-0.1, -0.05) is 20.8 Å². The Morgan fingerprint density at radius 2 is 2.09 bits per heavy atom. The predicted octanol–water partition coefficient (Wildman–Crippen LogP) is 3.80. The summed E-state index contributed by atoms with van der Waals surface area (Å²) in [7, 11) is 1.80. The van der Waals surface area contributed by atoms with E-state index < -0.39 is 0 Å². The number of thiophene rings is 1. The summed E-state index contributed by atoms with van der Waals surface area (Å²) in [5, 5.41) is 14.3. The lowest BCUT2D eigenvalue weighted by Gasteiger charge is -2.15. The minimum Gasteiger partial charge on any atom is -0.356 e. The third kappa shape index (κ3) is 4.81. The van der Waals surface area contributed by atoms with Crippen LogP contribution < -0.4 is 10.6 Å². The molecule has 0 fully saturated rings. The predicted molar refractivity (Wildman–Crippen MR) is 97.1 cm³/mol. The zero-order valence-electron chi connectivity index (χ0n) is 13.6. The number of hydrogen-bond donors (Lipinski definition) is 2. The fourth-order valence-electron chi connectivity index (χ4n) is 1.99. The molecule has 1 atom stereocenters. The van der Waals surface area contributed by atoms with Gasteiger partial charge in [0.25, 0.3) is 0 Å². The van der Waals surface area contributed by atoms with Crippen LogP contribution in [-0.2, 0) is 6.54 Å². The number of thiazole rings is 1. The second kappa shape index (κ2) is 8.29. The van der Waals surface area contributed by atoms with Crippen molar-refractivity contribution in [3.8, 4) is 0 Å². The van der Waals surface area contributed by atoms with Crippen molar-refractivity contribution < 1.29 is 0 Å². The summed E-state index contributed by atoms with van der Waals surface area (Å²) in [6, 6.07) is 2.18. The molecule has 0 aromatic carbocycles. The van der Waals surface area contributed by atoms with E-state index in [1.54, 1.807) is 29.7 Å². The van der Waals surface area contributed by atoms with Gasteiger partial charge in [0.1, 0.15) is 0 Å². The fourth-order valence-corrected chi connectivity index (χ4v) is 3.60. The van der Waals surface area contributed by atoms with Crippen LogP contribution in [-0.4, -0.2) is 24.5 Å². The molecule has 0 aliphatic rings. The Bertz CT molecular complexity index is 587. The van der Waals surface area contributed by atoms with E-state index in [2.05, 4.69) is 63.6 Å². The summed E-state index contributed by atoms with van der Waals surface area (Å²) in [5.74, 6) is 1.78. The van der Waals surface area contributed by atoms with Crippen LogP contribution in [0.5, 0.6) is 0 Å². The van der Waals surface area contributed by atoms with Crippen LogP contribution in [0.4, 0.5) is 0 Å². The number of nitrogens with one attached hydrogen (secondary N) is 2. The van der Waals surface area contributed by atoms with Gasteiger partial charge in [-0.05, 0) is 28.3 Å². The lowest BCUT2D eigenvalue weighted by atomic mass is 10.1. The lowest BCUT2D eigenvalue weighted by Crippen LogP contribution is -2.38. The largest absolute Gasteiger partial charge is 0.356 e. The monoisotopic (exact) mass is 336 g/mol. The highest BCUT2D eigenvalue weighted by Gasteiger charge is 2.08. The Morgan fingerprint density at radius 3 is 2.68 bits per heavy atom. The van der Waals surface area contributed by atoms with Crippen molar-refractivity contribution in [2.75, 3.05) is 13.6 Å². The van der Waals surface area contributed by atoms with Gasteiger partial charge in [-0.25, -0.2) is 4.98 Å². The van der Waals surface area contributed by atoms with E-state index in [0.29, 0.717) is 18.4 Å². The number of rotatable bonds is 6. The minimum absolute atomic E-state index is 0.469. The third-order valence-corrected chi connectivity index (χ3v) is 5.31. The summed E-state index contributed by atoms with van der Waals surface area (Å²) < 4.78 is 0. The first kappa shape index (κ1) is 17.0. The Morgan fingerprint density at radius 1 is 1.27 bits per heavy atom. The first-order valence-corrected chi connectivity index (χ1v) is 9.33. The van der Waals surface area contributed by atoms with Crippen LogP contribution in [0.25, 0.3) is 0 Å². The molecule has 0 aliphatic heterocycles. The molecule has 0 spiro atoms. The molecule has 0 amide bonds. The Balaban J connectivity index is 1.79. The first-order valence-electron chi connectivity index (χ1n) is 7.51. The maximum Gasteiger partial charge on any atom is 0.191 e. The van der Waals surface area contributed by atoms with E-state index in [0.717, 1.165) is 18.2 Å². The molecule has 1 unspecified atom stereocenters. The van der Waals surface area contributed by atoms with Crippen LogP contribution in [0, 0.1) is 0 Å². The molecule has 2 aromatic heterocycles. The van der Waals surface area contributed by atoms with Gasteiger partial charge < -0.3 is 10.6 Å². The van der Waals surface area contributed by atoms with E-state index in [4.69, 9.17) is 0 Å². The van der Waals surface area contributed by atoms with Gasteiger partial charge in [-0.2, -0.15) is 11.3 Å². The summed E-state index contributed by atoms with van der Waals surface area (Å²) in [6.45, 7) is 8.13. The van der Waals surface area contributed by atoms with E-state index in [9.17, 15) is 0 Å². The van der Waals surface area contributed by atoms with Crippen molar-refractivity contribution in [1.29, 1.82) is 0 Å². The Hall–Kier alpha value is -1.40. The lowest BCUT2D eigenvalue weighted by molar-refractivity contribution is 0.698. The van der Waals surface area contributed by atoms with Crippen LogP contribution in [0.3, 0.4) is 0 Å². The van der Waals surface area contributed by atoms with Crippen molar-refractivity contribution in [3.05, 3.63) is 38.5 Å². The third-order valence-electron chi connectivity index (χ3n) is 3.41. The van der Waals surface area contributed by atoms with Crippen LogP contribution in [0.15, 0.2) is 27.2 Å². The van der Waals surface area contributed by atoms with Crippen LogP contribution in [0.2, 0.25) is 0 Å². The van der Waals surface area contributed by atoms with E-state index in [1.165, 1.54) is 10.6 Å². The molecule has 0 saturated carbocycles. The van der Waals surface area contributed by atoms with Gasteiger partial charge in [-0.15, -0.1) is 11.3 Å². The molecule has 0 aliphatic carbocycles. The van der Waals surface area contributed by atoms with Gasteiger partial charge in [0, 0.05) is 24.9 Å². The quantitative estimate of drug-likeness (QED) is 0.623. The summed E-state index contributed by atoms with van der Waals surface area (Å²) >= 11 is 3.46. The molecule has 6 heteroatoms. The molecule has 0 radical (unpaired) electrons. The molecule has 2 aromatic rings. The van der Waals surface area contributed by atoms with E-state index >= 15 is 0 Å². The summed E-state index contributed by atoms with van der Waals surface area (Å²) in [5.41, 5.74) is 2.44. The van der Waals surface area contributed by atoms with E-state index in [1.807, 2.05) is 0 Å². The second-order valence-electron chi connectivity index (χ2n) is 5.60. The van der Waals surface area contributed by atoms with Gasteiger partial charge in [0.05, 0.1) is 17.2 Å². The molecule has 4 nitrogen and oxygen atoms in total. The van der Waals surface area contributed by atoms with Gasteiger partial charge in [0.2, 0.25) is 0 Å². The maximum atomic E-state index is 4.63. The van der Waals surface area contributed by atoms with Crippen LogP contribution >= 0.6 is 22.7 Å². The molecular weight excluding hydrogens is 312 g/mol. The van der Waals surface area contributed by atoms with Crippen LogP contribution in [0.1, 0.15) is 48.9 Å². The average Bonchev–Trinajstić information content (AvgIpc) is 3.18. The standard InChI is InChI=1S/C16H24N4S2/c1-11(2)15-20-14(10-22-15)8-19-16(17-4)18-7-12(3)13-5-6-21-9-13/h5-6,9-12H,7-8H2,1-4H3,(H2,17,18,19). The highest BCUT2D eigenvalue weighted by Crippen LogP contribution is 2.19. The molecule has 2 rings (SSSR count). The number of nitrogens with zero attached hydrogens (tertiary/aromatic N) is 2. The van der Waals surface area contributed by atoms with Crippen molar-refractivity contribution >= 4 is 28.6 Å². The molecule has 120 valence electrons. The molecule has 0 bridgehead atoms. The van der Waals surface area contributed by atoms with E-state index in [-0.39, 0.29) is 0 Å². The Labute approximate surface area is 140 Å². The molecule has 2 heterocycles. The SMILES string of the molecule is CN=C(NCc1csc(C(C)C)n1)NCC(C)c1ccsc1. The minimum atomic E-state index is 0.469. The fraction of sp³-hybridized carbons (Fsp3) is 0.500. The highest BCUT2D eigenvalue weighted by atomic mass is 32.1. The second-order valence-corrected chi connectivity index (χ2v) is 7.27. The molecular formula is C16H24N4S2. The number of aromatic nitrogens is 1. The molecule has 2 N–H and O–H groups in total. The van der Waals surface area contributed by atoms with Crippen molar-refractivity contribution in [1.82, 2.24) is 15.6 Å².